The molecule has 15 heavy (non-hydrogen) atoms. The highest BCUT2D eigenvalue weighted by Crippen LogP contribution is 2.25. The van der Waals surface area contributed by atoms with E-state index in [1.54, 1.807) is 0 Å². The Hall–Kier alpha value is -0.390. The Balaban J connectivity index is 2.81. The van der Waals surface area contributed by atoms with Crippen LogP contribution in [0.3, 0.4) is 0 Å². The molecule has 6 heteroatoms. The van der Waals surface area contributed by atoms with Crippen LogP contribution in [0.15, 0.2) is 12.3 Å². The number of halogens is 2. The van der Waals surface area contributed by atoms with Crippen molar-refractivity contribution in [1.82, 2.24) is 4.98 Å². The third-order valence-electron chi connectivity index (χ3n) is 1.95. The molecule has 84 valence electrons. The molecule has 0 saturated carbocycles. The van der Waals surface area contributed by atoms with Crippen LogP contribution in [0.5, 0.6) is 0 Å². The van der Waals surface area contributed by atoms with Gasteiger partial charge in [0.25, 0.3) is 0 Å². The summed E-state index contributed by atoms with van der Waals surface area (Å²) in [5.74, 6) is 0. The van der Waals surface area contributed by atoms with Crippen molar-refractivity contribution in [1.29, 1.82) is 0 Å². The van der Waals surface area contributed by atoms with E-state index >= 15 is 0 Å². The van der Waals surface area contributed by atoms with E-state index in [9.17, 15) is 10.2 Å². The zero-order chi connectivity index (χ0) is 11.4. The number of pyridine rings is 1. The zero-order valence-electron chi connectivity index (χ0n) is 7.77. The van der Waals surface area contributed by atoms with Gasteiger partial charge in [-0.15, -0.1) is 0 Å². The average molecular weight is 252 g/mol. The highest BCUT2D eigenvalue weighted by Gasteiger charge is 2.18. The summed E-state index contributed by atoms with van der Waals surface area (Å²) in [5, 5.41) is 28.0. The number of nitrogens with zero attached hydrogens (tertiary/aromatic N) is 1. The molecule has 1 rings (SSSR count). The topological polar surface area (TPSA) is 73.6 Å². The Labute approximate surface area is 97.1 Å². The van der Waals surface area contributed by atoms with Crippen LogP contribution in [0, 0.1) is 0 Å². The average Bonchev–Trinajstić information content (AvgIpc) is 2.21. The molecule has 4 nitrogen and oxygen atoms in total. The van der Waals surface area contributed by atoms with Crippen molar-refractivity contribution in [3.05, 3.63) is 28.0 Å². The lowest BCUT2D eigenvalue weighted by Crippen LogP contribution is -2.19. The minimum absolute atomic E-state index is 0.0847. The molecule has 0 aliphatic rings. The van der Waals surface area contributed by atoms with Crippen LogP contribution in [-0.2, 0) is 0 Å². The molecule has 0 saturated heterocycles. The summed E-state index contributed by atoms with van der Waals surface area (Å²) in [5.41, 5.74) is 0.366. The van der Waals surface area contributed by atoms with Crippen LogP contribution in [-0.4, -0.2) is 33.0 Å². The van der Waals surface area contributed by atoms with Gasteiger partial charge < -0.3 is 15.3 Å². The van der Waals surface area contributed by atoms with Gasteiger partial charge in [-0.1, -0.05) is 23.2 Å². The molecular weight excluding hydrogens is 241 g/mol. The summed E-state index contributed by atoms with van der Waals surface area (Å²) in [7, 11) is 0. The van der Waals surface area contributed by atoms with Gasteiger partial charge >= 0.3 is 0 Å². The van der Waals surface area contributed by atoms with Gasteiger partial charge in [-0.25, -0.2) is 4.98 Å². The van der Waals surface area contributed by atoms with Crippen LogP contribution in [0.1, 0.15) is 18.1 Å². The van der Waals surface area contributed by atoms with Gasteiger partial charge in [-0.3, -0.25) is 0 Å². The van der Waals surface area contributed by atoms with Crippen molar-refractivity contribution in [2.75, 3.05) is 6.61 Å². The number of hydrogen-bond acceptors (Lipinski definition) is 4. The molecule has 0 bridgehead atoms. The molecule has 1 aromatic heterocycles. The summed E-state index contributed by atoms with van der Waals surface area (Å²) in [4.78, 5) is 3.74. The van der Waals surface area contributed by atoms with Gasteiger partial charge in [0.2, 0.25) is 0 Å². The quantitative estimate of drug-likeness (QED) is 0.703. The Kier molecular flexibility index (Phi) is 4.76. The van der Waals surface area contributed by atoms with E-state index in [1.807, 2.05) is 0 Å². The van der Waals surface area contributed by atoms with Crippen molar-refractivity contribution in [3.8, 4) is 0 Å². The molecule has 2 unspecified atom stereocenters. The van der Waals surface area contributed by atoms with E-state index < -0.39 is 12.2 Å². The normalized spacial score (nSPS) is 15.0. The number of hydrogen-bond donors (Lipinski definition) is 3. The predicted molar refractivity (Wildman–Crippen MR) is 56.9 cm³/mol. The van der Waals surface area contributed by atoms with E-state index in [1.165, 1.54) is 12.3 Å². The van der Waals surface area contributed by atoms with Crippen LogP contribution in [0.2, 0.25) is 10.2 Å². The molecule has 0 aliphatic heterocycles. The first kappa shape index (κ1) is 12.7. The second-order valence-corrected chi connectivity index (χ2v) is 3.83. The number of rotatable bonds is 4. The van der Waals surface area contributed by atoms with Gasteiger partial charge in [0, 0.05) is 18.4 Å². The molecule has 0 fully saturated rings. The fourth-order valence-corrected chi connectivity index (χ4v) is 1.39. The molecule has 0 radical (unpaired) electrons. The zero-order valence-corrected chi connectivity index (χ0v) is 9.28. The lowest BCUT2D eigenvalue weighted by Gasteiger charge is -2.17. The van der Waals surface area contributed by atoms with E-state index in [2.05, 4.69) is 4.98 Å². The summed E-state index contributed by atoms with van der Waals surface area (Å²) in [6.45, 7) is -0.201. The highest BCUT2D eigenvalue weighted by atomic mass is 35.5. The van der Waals surface area contributed by atoms with Gasteiger partial charge in [-0.2, -0.15) is 0 Å². The van der Waals surface area contributed by atoms with Crippen LogP contribution < -0.4 is 0 Å². The smallest absolute Gasteiger partial charge is 0.147 e. The van der Waals surface area contributed by atoms with Crippen molar-refractivity contribution in [3.63, 3.8) is 0 Å². The van der Waals surface area contributed by atoms with Crippen molar-refractivity contribution >= 4 is 23.2 Å². The number of aliphatic hydroxyl groups excluding tert-OH is 3. The lowest BCUT2D eigenvalue weighted by molar-refractivity contribution is 0.00405. The maximum atomic E-state index is 9.63. The van der Waals surface area contributed by atoms with Crippen LogP contribution >= 0.6 is 23.2 Å². The molecule has 0 aromatic carbocycles. The van der Waals surface area contributed by atoms with Crippen molar-refractivity contribution in [2.24, 2.45) is 0 Å². The minimum atomic E-state index is -1.13. The van der Waals surface area contributed by atoms with Gasteiger partial charge in [0.1, 0.15) is 11.3 Å². The van der Waals surface area contributed by atoms with Gasteiger partial charge in [0.15, 0.2) is 0 Å². The summed E-state index contributed by atoms with van der Waals surface area (Å²) >= 11 is 11.3. The first-order chi connectivity index (χ1) is 7.06. The van der Waals surface area contributed by atoms with E-state index in [-0.39, 0.29) is 23.2 Å². The van der Waals surface area contributed by atoms with Crippen LogP contribution in [0.4, 0.5) is 0 Å². The Morgan fingerprint density at radius 1 is 1.33 bits per heavy atom. The molecule has 1 aromatic rings. The summed E-state index contributed by atoms with van der Waals surface area (Å²) < 4.78 is 0. The van der Waals surface area contributed by atoms with Crippen molar-refractivity contribution in [2.45, 2.75) is 18.6 Å². The Bertz CT molecular complexity index is 335. The molecule has 0 aliphatic carbocycles. The van der Waals surface area contributed by atoms with Crippen LogP contribution in [0.25, 0.3) is 0 Å². The standard InChI is InChI=1S/C9H11Cl2NO3/c10-6-3-5(4-12-9(6)11)8(15)7(14)1-2-13/h3-4,7-8,13-15H,1-2H2. The molecule has 3 N–H and O–H groups in total. The van der Waals surface area contributed by atoms with E-state index in [0.717, 1.165) is 0 Å². The third kappa shape index (κ3) is 3.29. The molecule has 0 amide bonds. The van der Waals surface area contributed by atoms with E-state index in [4.69, 9.17) is 28.3 Å². The lowest BCUT2D eigenvalue weighted by atomic mass is 10.0. The molecular formula is C9H11Cl2NO3. The summed E-state index contributed by atoms with van der Waals surface area (Å²) in [6, 6.07) is 1.43. The second kappa shape index (κ2) is 5.63. The van der Waals surface area contributed by atoms with Gasteiger partial charge in [-0.05, 0) is 12.5 Å². The molecule has 1 heterocycles. The Morgan fingerprint density at radius 3 is 2.53 bits per heavy atom. The number of aliphatic hydroxyl groups is 3. The molecule has 2 atom stereocenters. The second-order valence-electron chi connectivity index (χ2n) is 3.07. The largest absolute Gasteiger partial charge is 0.396 e. The van der Waals surface area contributed by atoms with Crippen molar-refractivity contribution < 1.29 is 15.3 Å². The maximum absolute atomic E-state index is 9.63. The Morgan fingerprint density at radius 2 is 2.00 bits per heavy atom. The first-order valence-electron chi connectivity index (χ1n) is 4.34. The SMILES string of the molecule is OCCC(O)C(O)c1cnc(Cl)c(Cl)c1. The predicted octanol–water partition coefficient (Wildman–Crippen LogP) is 1.17. The highest BCUT2D eigenvalue weighted by molar-refractivity contribution is 6.41. The summed E-state index contributed by atoms with van der Waals surface area (Å²) in [6.07, 6.45) is -0.755. The number of aromatic nitrogens is 1. The fourth-order valence-electron chi connectivity index (χ4n) is 1.11. The minimum Gasteiger partial charge on any atom is -0.396 e. The first-order valence-corrected chi connectivity index (χ1v) is 5.09. The monoisotopic (exact) mass is 251 g/mol. The fraction of sp³-hybridized carbons (Fsp3) is 0.444. The van der Waals surface area contributed by atoms with E-state index in [0.29, 0.717) is 5.56 Å². The third-order valence-corrected chi connectivity index (χ3v) is 2.63. The molecule has 0 spiro atoms. The van der Waals surface area contributed by atoms with Gasteiger partial charge in [0.05, 0.1) is 11.1 Å². The maximum Gasteiger partial charge on any atom is 0.147 e.